The number of hydrogen-bond acceptors (Lipinski definition) is 3. The van der Waals surface area contributed by atoms with Gasteiger partial charge in [-0.15, -0.1) is 18.2 Å². The molecule has 3 nitrogen and oxygen atoms in total. The highest BCUT2D eigenvalue weighted by molar-refractivity contribution is 8.00. The van der Waals surface area contributed by atoms with Crippen molar-refractivity contribution in [1.29, 1.82) is 0 Å². The van der Waals surface area contributed by atoms with Crippen LogP contribution in [0.3, 0.4) is 0 Å². The lowest BCUT2D eigenvalue weighted by molar-refractivity contribution is -0.127. The van der Waals surface area contributed by atoms with Gasteiger partial charge in [0.1, 0.15) is 11.1 Å². The molecule has 88 valence electrons. The van der Waals surface area contributed by atoms with Crippen LogP contribution < -0.4 is 4.74 Å². The largest absolute Gasteiger partial charge is 0.497 e. The quantitative estimate of drug-likeness (QED) is 0.764. The summed E-state index contributed by atoms with van der Waals surface area (Å²) in [6, 6.07) is 7.74. The molecule has 0 radical (unpaired) electrons. The van der Waals surface area contributed by atoms with E-state index in [4.69, 9.17) is 11.2 Å². The van der Waals surface area contributed by atoms with E-state index in [0.29, 0.717) is 12.3 Å². The van der Waals surface area contributed by atoms with E-state index in [1.807, 2.05) is 24.3 Å². The Kier molecular flexibility index (Phi) is 3.60. The molecule has 0 saturated carbocycles. The summed E-state index contributed by atoms with van der Waals surface area (Å²) >= 11 is 1.60. The second-order valence-corrected chi connectivity index (χ2v) is 4.73. The lowest BCUT2D eigenvalue weighted by atomic mass is 10.2. The third-order valence-corrected chi connectivity index (χ3v) is 3.86. The molecule has 1 amide bonds. The number of amides is 1. The highest BCUT2D eigenvalue weighted by Crippen LogP contribution is 2.39. The van der Waals surface area contributed by atoms with Crippen LogP contribution in [0.15, 0.2) is 24.3 Å². The summed E-state index contributed by atoms with van der Waals surface area (Å²) in [6.45, 7) is 0.355. The van der Waals surface area contributed by atoms with Crippen LogP contribution in [0.4, 0.5) is 0 Å². The molecular formula is C13H13NO2S. The molecule has 0 spiro atoms. The van der Waals surface area contributed by atoms with Crippen molar-refractivity contribution < 1.29 is 9.53 Å². The first-order valence-electron chi connectivity index (χ1n) is 5.24. The van der Waals surface area contributed by atoms with Gasteiger partial charge in [0.15, 0.2) is 0 Å². The average molecular weight is 247 g/mol. The fourth-order valence-corrected chi connectivity index (χ4v) is 2.97. The normalized spacial score (nSPS) is 19.2. The van der Waals surface area contributed by atoms with Gasteiger partial charge in [-0.1, -0.05) is 18.1 Å². The van der Waals surface area contributed by atoms with E-state index in [9.17, 15) is 4.79 Å². The fourth-order valence-electron chi connectivity index (χ4n) is 1.79. The van der Waals surface area contributed by atoms with Crippen molar-refractivity contribution in [3.05, 3.63) is 29.8 Å². The van der Waals surface area contributed by atoms with Gasteiger partial charge >= 0.3 is 0 Å². The molecule has 1 aromatic carbocycles. The minimum atomic E-state index is 0.00801. The number of rotatable bonds is 3. The summed E-state index contributed by atoms with van der Waals surface area (Å²) in [5.41, 5.74) is 1.05. The molecule has 1 saturated heterocycles. The lowest BCUT2D eigenvalue weighted by Gasteiger charge is -2.22. The van der Waals surface area contributed by atoms with Gasteiger partial charge in [0.05, 0.1) is 19.4 Å². The zero-order chi connectivity index (χ0) is 12.3. The molecule has 0 bridgehead atoms. The van der Waals surface area contributed by atoms with Gasteiger partial charge in [-0.25, -0.2) is 0 Å². The van der Waals surface area contributed by atoms with E-state index >= 15 is 0 Å². The summed E-state index contributed by atoms with van der Waals surface area (Å²) in [5.74, 6) is 3.91. The summed E-state index contributed by atoms with van der Waals surface area (Å²) in [5, 5.41) is 0.00801. The Morgan fingerprint density at radius 3 is 3.18 bits per heavy atom. The maximum atomic E-state index is 11.7. The van der Waals surface area contributed by atoms with Crippen molar-refractivity contribution in [2.45, 2.75) is 5.37 Å². The Morgan fingerprint density at radius 1 is 1.65 bits per heavy atom. The molecule has 0 aromatic heterocycles. The minimum Gasteiger partial charge on any atom is -0.497 e. The van der Waals surface area contributed by atoms with Gasteiger partial charge in [0.2, 0.25) is 5.91 Å². The van der Waals surface area contributed by atoms with Gasteiger partial charge < -0.3 is 9.64 Å². The number of methoxy groups -OCH3 is 1. The molecule has 1 aliphatic heterocycles. The van der Waals surface area contributed by atoms with E-state index in [2.05, 4.69) is 5.92 Å². The van der Waals surface area contributed by atoms with Gasteiger partial charge in [-0.2, -0.15) is 0 Å². The Balaban J connectivity index is 2.26. The molecule has 1 unspecified atom stereocenters. The Hall–Kier alpha value is -1.60. The van der Waals surface area contributed by atoms with Gasteiger partial charge in [0, 0.05) is 0 Å². The maximum Gasteiger partial charge on any atom is 0.234 e. The molecule has 2 rings (SSSR count). The van der Waals surface area contributed by atoms with Crippen molar-refractivity contribution in [3.8, 4) is 18.1 Å². The number of hydrogen-bond donors (Lipinski definition) is 0. The second-order valence-electron chi connectivity index (χ2n) is 3.67. The Bertz CT molecular complexity index is 467. The molecule has 1 heterocycles. The van der Waals surface area contributed by atoms with Crippen LogP contribution in [0, 0.1) is 12.3 Å². The minimum absolute atomic E-state index is 0.00801. The van der Waals surface area contributed by atoms with E-state index in [-0.39, 0.29) is 11.3 Å². The molecule has 1 aliphatic rings. The number of terminal acetylenes is 1. The standard InChI is InChI=1S/C13H13NO2S/c1-3-7-14-12(15)9-17-13(14)10-5-4-6-11(8-10)16-2/h1,4-6,8,13H,7,9H2,2H3. The number of thioether (sulfide) groups is 1. The maximum absolute atomic E-state index is 11.7. The van der Waals surface area contributed by atoms with Crippen molar-refractivity contribution in [2.24, 2.45) is 0 Å². The van der Waals surface area contributed by atoms with Gasteiger partial charge in [0.25, 0.3) is 0 Å². The number of carbonyl (C=O) groups is 1. The van der Waals surface area contributed by atoms with Crippen LogP contribution in [-0.2, 0) is 4.79 Å². The third kappa shape index (κ3) is 2.40. The number of benzene rings is 1. The molecule has 4 heteroatoms. The van der Waals surface area contributed by atoms with E-state index in [1.165, 1.54) is 0 Å². The first-order valence-corrected chi connectivity index (χ1v) is 6.29. The van der Waals surface area contributed by atoms with Crippen LogP contribution >= 0.6 is 11.8 Å². The van der Waals surface area contributed by atoms with Crippen molar-refractivity contribution in [1.82, 2.24) is 4.90 Å². The SMILES string of the molecule is C#CCN1C(=O)CSC1c1cccc(OC)c1. The van der Waals surface area contributed by atoms with Crippen LogP contribution in [-0.4, -0.2) is 30.2 Å². The average Bonchev–Trinajstić information content (AvgIpc) is 2.72. The summed E-state index contributed by atoms with van der Waals surface area (Å²) in [7, 11) is 1.63. The monoisotopic (exact) mass is 247 g/mol. The second kappa shape index (κ2) is 5.15. The molecular weight excluding hydrogens is 234 g/mol. The smallest absolute Gasteiger partial charge is 0.234 e. The van der Waals surface area contributed by atoms with E-state index in [0.717, 1.165) is 11.3 Å². The summed E-state index contributed by atoms with van der Waals surface area (Å²) in [4.78, 5) is 13.4. The predicted molar refractivity (Wildman–Crippen MR) is 68.7 cm³/mol. The molecule has 1 fully saturated rings. The molecule has 0 N–H and O–H groups in total. The highest BCUT2D eigenvalue weighted by atomic mass is 32.2. The van der Waals surface area contributed by atoms with Crippen molar-refractivity contribution in [3.63, 3.8) is 0 Å². The van der Waals surface area contributed by atoms with Crippen LogP contribution in [0.1, 0.15) is 10.9 Å². The highest BCUT2D eigenvalue weighted by Gasteiger charge is 2.32. The zero-order valence-electron chi connectivity index (χ0n) is 9.55. The number of ether oxygens (including phenoxy) is 1. The Labute approximate surface area is 105 Å². The molecule has 1 atom stereocenters. The van der Waals surface area contributed by atoms with Crippen LogP contribution in [0.5, 0.6) is 5.75 Å². The van der Waals surface area contributed by atoms with E-state index in [1.54, 1.807) is 23.8 Å². The third-order valence-electron chi connectivity index (χ3n) is 2.61. The first-order chi connectivity index (χ1) is 8.26. The summed E-state index contributed by atoms with van der Waals surface area (Å²) < 4.78 is 5.18. The predicted octanol–water partition coefficient (Wildman–Crippen LogP) is 1.90. The molecule has 17 heavy (non-hydrogen) atoms. The van der Waals surface area contributed by atoms with Gasteiger partial charge in [-0.3, -0.25) is 4.79 Å². The first kappa shape index (κ1) is 11.9. The van der Waals surface area contributed by atoms with Crippen LogP contribution in [0.2, 0.25) is 0 Å². The lowest BCUT2D eigenvalue weighted by Crippen LogP contribution is -2.28. The number of nitrogens with zero attached hydrogens (tertiary/aromatic N) is 1. The van der Waals surface area contributed by atoms with Crippen molar-refractivity contribution >= 4 is 17.7 Å². The summed E-state index contributed by atoms with van der Waals surface area (Å²) in [6.07, 6.45) is 5.29. The van der Waals surface area contributed by atoms with Gasteiger partial charge in [-0.05, 0) is 17.7 Å². The molecule has 0 aliphatic carbocycles. The van der Waals surface area contributed by atoms with Crippen molar-refractivity contribution in [2.75, 3.05) is 19.4 Å². The van der Waals surface area contributed by atoms with E-state index < -0.39 is 0 Å². The molecule has 1 aromatic rings. The topological polar surface area (TPSA) is 29.5 Å². The van der Waals surface area contributed by atoms with Crippen LogP contribution in [0.25, 0.3) is 0 Å². The number of carbonyl (C=O) groups excluding carboxylic acids is 1. The zero-order valence-corrected chi connectivity index (χ0v) is 10.4. The fraction of sp³-hybridized carbons (Fsp3) is 0.308. The Morgan fingerprint density at radius 2 is 2.47 bits per heavy atom.